The van der Waals surface area contributed by atoms with Crippen LogP contribution < -0.4 is 4.74 Å². The highest BCUT2D eigenvalue weighted by Gasteiger charge is 2.30. The number of rotatable bonds is 11. The Labute approximate surface area is 199 Å². The Kier molecular flexibility index (Phi) is 8.29. The van der Waals surface area contributed by atoms with E-state index < -0.39 is 5.97 Å². The molecule has 3 aromatic rings. The van der Waals surface area contributed by atoms with Crippen LogP contribution in [-0.2, 0) is 11.2 Å². The van der Waals surface area contributed by atoms with Gasteiger partial charge in [0.25, 0.3) is 0 Å². The molecule has 2 aromatic heterocycles. The number of hydrogen-bond donors (Lipinski definition) is 1. The number of carboxylic acids is 1. The first-order valence-corrected chi connectivity index (χ1v) is 12.6. The number of benzene rings is 1. The zero-order valence-electron chi connectivity index (χ0n) is 19.1. The van der Waals surface area contributed by atoms with Gasteiger partial charge in [-0.2, -0.15) is 0 Å². The fraction of sp³-hybridized carbons (Fsp3) is 0.462. The summed E-state index contributed by atoms with van der Waals surface area (Å²) in [5, 5.41) is 11.6. The van der Waals surface area contributed by atoms with Gasteiger partial charge in [0.15, 0.2) is 5.09 Å². The maximum absolute atomic E-state index is 11.5. The van der Waals surface area contributed by atoms with Crippen molar-refractivity contribution in [2.24, 2.45) is 11.8 Å². The summed E-state index contributed by atoms with van der Waals surface area (Å²) < 4.78 is 10.8. The van der Waals surface area contributed by atoms with Crippen LogP contribution in [0.1, 0.15) is 31.2 Å². The van der Waals surface area contributed by atoms with Crippen LogP contribution in [0.5, 0.6) is 5.75 Å². The highest BCUT2D eigenvalue weighted by molar-refractivity contribution is 7.99. The van der Waals surface area contributed by atoms with Crippen molar-refractivity contribution in [2.75, 3.05) is 32.5 Å². The van der Waals surface area contributed by atoms with Crippen LogP contribution >= 0.6 is 11.8 Å². The number of aliphatic carboxylic acids is 1. The molecule has 4 rings (SSSR count). The molecule has 1 N–H and O–H groups in total. The normalized spacial score (nSPS) is 19.1. The summed E-state index contributed by atoms with van der Waals surface area (Å²) in [5.74, 6) is 1.77. The van der Waals surface area contributed by atoms with Gasteiger partial charge < -0.3 is 19.2 Å². The second kappa shape index (κ2) is 11.6. The molecular formula is C26H32N2O4S. The molecule has 2 atom stereocenters. The first-order valence-electron chi connectivity index (χ1n) is 11.6. The number of carboxylic acid groups (broad SMARTS) is 1. The monoisotopic (exact) mass is 468 g/mol. The van der Waals surface area contributed by atoms with Crippen molar-refractivity contribution >= 4 is 28.6 Å². The summed E-state index contributed by atoms with van der Waals surface area (Å²) in [4.78, 5) is 18.4. The molecule has 1 fully saturated rings. The molecule has 0 spiro atoms. The maximum atomic E-state index is 11.5. The van der Waals surface area contributed by atoms with Crippen molar-refractivity contribution in [1.29, 1.82) is 0 Å². The van der Waals surface area contributed by atoms with Crippen molar-refractivity contribution in [3.8, 4) is 5.75 Å². The van der Waals surface area contributed by atoms with Crippen molar-refractivity contribution in [3.63, 3.8) is 0 Å². The van der Waals surface area contributed by atoms with Gasteiger partial charge in [-0.3, -0.25) is 9.78 Å². The van der Waals surface area contributed by atoms with Gasteiger partial charge in [0, 0.05) is 36.8 Å². The van der Waals surface area contributed by atoms with Gasteiger partial charge >= 0.3 is 5.97 Å². The fourth-order valence-corrected chi connectivity index (χ4v) is 5.75. The van der Waals surface area contributed by atoms with Crippen LogP contribution in [0.4, 0.5) is 0 Å². The van der Waals surface area contributed by atoms with Gasteiger partial charge in [0.2, 0.25) is 0 Å². The molecule has 1 aromatic carbocycles. The first-order chi connectivity index (χ1) is 16.1. The highest BCUT2D eigenvalue weighted by atomic mass is 32.2. The summed E-state index contributed by atoms with van der Waals surface area (Å²) >= 11 is 1.71. The van der Waals surface area contributed by atoms with Crippen LogP contribution in [0.25, 0.3) is 10.9 Å². The van der Waals surface area contributed by atoms with Crippen molar-refractivity contribution in [3.05, 3.63) is 54.4 Å². The van der Waals surface area contributed by atoms with Gasteiger partial charge in [0.1, 0.15) is 5.75 Å². The lowest BCUT2D eigenvalue weighted by molar-refractivity contribution is -0.139. The van der Waals surface area contributed by atoms with Gasteiger partial charge in [0.05, 0.1) is 18.9 Å². The van der Waals surface area contributed by atoms with E-state index in [0.29, 0.717) is 5.92 Å². The molecule has 176 valence electrons. The Morgan fingerprint density at radius 2 is 2.21 bits per heavy atom. The molecule has 0 aliphatic carbocycles. The van der Waals surface area contributed by atoms with Gasteiger partial charge in [-0.05, 0) is 86.0 Å². The number of carbonyl (C=O) groups is 1. The summed E-state index contributed by atoms with van der Waals surface area (Å²) in [5.41, 5.74) is 2.26. The highest BCUT2D eigenvalue weighted by Crippen LogP contribution is 2.32. The van der Waals surface area contributed by atoms with E-state index in [4.69, 9.17) is 9.15 Å². The summed E-state index contributed by atoms with van der Waals surface area (Å²) in [6, 6.07) is 12.0. The van der Waals surface area contributed by atoms with E-state index in [1.807, 2.05) is 30.5 Å². The summed E-state index contributed by atoms with van der Waals surface area (Å²) in [6.07, 6.45) is 7.95. The van der Waals surface area contributed by atoms with Gasteiger partial charge in [-0.15, -0.1) is 0 Å². The summed E-state index contributed by atoms with van der Waals surface area (Å²) in [6.45, 7) is 2.86. The molecule has 0 amide bonds. The van der Waals surface area contributed by atoms with Gasteiger partial charge in [-0.25, -0.2) is 0 Å². The molecule has 0 radical (unpaired) electrons. The van der Waals surface area contributed by atoms with E-state index in [9.17, 15) is 9.90 Å². The lowest BCUT2D eigenvalue weighted by atomic mass is 9.80. The third-order valence-electron chi connectivity index (χ3n) is 6.62. The number of hydrogen-bond acceptors (Lipinski definition) is 6. The topological polar surface area (TPSA) is 75.8 Å². The second-order valence-electron chi connectivity index (χ2n) is 8.73. The van der Waals surface area contributed by atoms with E-state index >= 15 is 0 Å². The molecule has 0 bridgehead atoms. The van der Waals surface area contributed by atoms with Crippen molar-refractivity contribution < 1.29 is 19.1 Å². The number of thioether (sulfide) groups is 1. The molecule has 1 aliphatic rings. The summed E-state index contributed by atoms with van der Waals surface area (Å²) in [7, 11) is 1.68. The predicted molar refractivity (Wildman–Crippen MR) is 131 cm³/mol. The quantitative estimate of drug-likeness (QED) is 0.379. The number of aryl methyl sites for hydroxylation is 1. The van der Waals surface area contributed by atoms with Gasteiger partial charge in [-0.1, -0.05) is 11.8 Å². The number of piperidine rings is 1. The van der Waals surface area contributed by atoms with E-state index in [-0.39, 0.29) is 12.3 Å². The van der Waals surface area contributed by atoms with E-state index in [2.05, 4.69) is 22.0 Å². The number of nitrogens with zero attached hydrogens (tertiary/aromatic N) is 2. The Hall–Kier alpha value is -2.51. The number of fused-ring (bicyclic) bond motifs is 1. The molecule has 7 heteroatoms. The third kappa shape index (κ3) is 6.51. The van der Waals surface area contributed by atoms with E-state index in [0.717, 1.165) is 72.8 Å². The zero-order valence-corrected chi connectivity index (χ0v) is 19.9. The molecular weight excluding hydrogens is 436 g/mol. The number of pyridine rings is 1. The van der Waals surface area contributed by atoms with Crippen LogP contribution in [0.15, 0.2) is 58.4 Å². The Morgan fingerprint density at radius 1 is 1.30 bits per heavy atom. The fourth-order valence-electron chi connectivity index (χ4n) is 4.90. The van der Waals surface area contributed by atoms with Crippen LogP contribution in [0.2, 0.25) is 0 Å². The number of furan rings is 1. The number of aromatic nitrogens is 1. The lowest BCUT2D eigenvalue weighted by Gasteiger charge is -2.38. The molecule has 6 nitrogen and oxygen atoms in total. The second-order valence-corrected chi connectivity index (χ2v) is 9.83. The Morgan fingerprint density at radius 3 is 3.00 bits per heavy atom. The molecule has 2 unspecified atom stereocenters. The number of likely N-dealkylation sites (tertiary alicyclic amines) is 1. The molecule has 3 heterocycles. The SMILES string of the molecule is COc1ccc2nccc(CCCC3CCN(CCSc4ccco4)CC3CC(=O)O)c2c1. The molecule has 1 aliphatic heterocycles. The number of methoxy groups -OCH3 is 1. The van der Waals surface area contributed by atoms with Crippen molar-refractivity contribution in [1.82, 2.24) is 9.88 Å². The number of ether oxygens (including phenoxy) is 1. The lowest BCUT2D eigenvalue weighted by Crippen LogP contribution is -2.42. The predicted octanol–water partition coefficient (Wildman–Crippen LogP) is 5.36. The van der Waals surface area contributed by atoms with E-state index in [1.54, 1.807) is 25.1 Å². The molecule has 1 saturated heterocycles. The Bertz CT molecular complexity index is 1040. The molecule has 0 saturated carbocycles. The average molecular weight is 469 g/mol. The van der Waals surface area contributed by atoms with Crippen molar-refractivity contribution in [2.45, 2.75) is 37.2 Å². The minimum Gasteiger partial charge on any atom is -0.497 e. The minimum absolute atomic E-state index is 0.208. The smallest absolute Gasteiger partial charge is 0.303 e. The first kappa shape index (κ1) is 23.6. The Balaban J connectivity index is 1.31. The minimum atomic E-state index is -0.691. The standard InChI is InChI=1S/C26H32N2O4S/c1-31-22-7-8-24-23(17-22)20(9-11-27-24)5-2-4-19-10-12-28(18-21(19)16-25(29)30)13-15-33-26-6-3-14-32-26/h3,6-9,11,14,17,19,21H,2,4-5,10,12-13,15-16,18H2,1H3,(H,29,30). The van der Waals surface area contributed by atoms with Crippen LogP contribution in [0.3, 0.4) is 0 Å². The molecule has 33 heavy (non-hydrogen) atoms. The van der Waals surface area contributed by atoms with Crippen LogP contribution in [0, 0.1) is 11.8 Å². The zero-order chi connectivity index (χ0) is 23.0. The van der Waals surface area contributed by atoms with E-state index in [1.165, 1.54) is 5.56 Å². The third-order valence-corrected chi connectivity index (χ3v) is 7.52. The van der Waals surface area contributed by atoms with Crippen LogP contribution in [-0.4, -0.2) is 53.5 Å². The largest absolute Gasteiger partial charge is 0.497 e. The maximum Gasteiger partial charge on any atom is 0.303 e. The average Bonchev–Trinajstić information content (AvgIpc) is 3.33.